The molecule has 1 aromatic rings. The van der Waals surface area contributed by atoms with Crippen LogP contribution in [0.5, 0.6) is 0 Å². The highest BCUT2D eigenvalue weighted by atomic mass is 32.1. The predicted molar refractivity (Wildman–Crippen MR) is 51.8 cm³/mol. The fourth-order valence-corrected chi connectivity index (χ4v) is 1.68. The van der Waals surface area contributed by atoms with Crippen LogP contribution in [0.4, 0.5) is 18.3 Å². The highest BCUT2D eigenvalue weighted by Gasteiger charge is 2.35. The number of hydrogen-bond donors (Lipinski definition) is 2. The average Bonchev–Trinajstić information content (AvgIpc) is 2.49. The van der Waals surface area contributed by atoms with E-state index in [0.29, 0.717) is 11.3 Å². The molecule has 1 unspecified atom stereocenters. The van der Waals surface area contributed by atoms with E-state index in [1.54, 1.807) is 6.92 Å². The number of halogens is 3. The summed E-state index contributed by atoms with van der Waals surface area (Å²) in [5.74, 6) is -0.541. The van der Waals surface area contributed by atoms with Gasteiger partial charge in [-0.15, -0.1) is 10.2 Å². The first kappa shape index (κ1) is 12.7. The molecule has 1 atom stereocenters. The molecule has 1 rings (SSSR count). The first-order valence-corrected chi connectivity index (χ1v) is 5.06. The van der Waals surface area contributed by atoms with E-state index >= 15 is 0 Å². The maximum Gasteiger partial charge on any atom is 0.445 e. The summed E-state index contributed by atoms with van der Waals surface area (Å²) in [5, 5.41) is 7.90. The van der Waals surface area contributed by atoms with Crippen molar-refractivity contribution < 1.29 is 18.0 Å². The zero-order valence-electron chi connectivity index (χ0n) is 8.21. The van der Waals surface area contributed by atoms with Crippen LogP contribution in [0.25, 0.3) is 0 Å². The zero-order valence-corrected chi connectivity index (χ0v) is 9.02. The fraction of sp³-hybridized carbons (Fsp3) is 0.571. The number of nitrogens with zero attached hydrogens (tertiary/aromatic N) is 2. The molecule has 1 aromatic heterocycles. The Kier molecular flexibility index (Phi) is 3.68. The number of hydrogen-bond acceptors (Lipinski definition) is 5. The van der Waals surface area contributed by atoms with Crippen LogP contribution in [0.1, 0.15) is 18.4 Å². The van der Waals surface area contributed by atoms with Gasteiger partial charge in [-0.2, -0.15) is 13.2 Å². The lowest BCUT2D eigenvalue weighted by molar-refractivity contribution is -0.138. The fourth-order valence-electron chi connectivity index (χ4n) is 0.960. The van der Waals surface area contributed by atoms with Gasteiger partial charge >= 0.3 is 6.18 Å². The lowest BCUT2D eigenvalue weighted by Gasteiger charge is -2.09. The van der Waals surface area contributed by atoms with Gasteiger partial charge in [-0.05, 0) is 6.92 Å². The van der Waals surface area contributed by atoms with E-state index in [0.717, 1.165) is 0 Å². The van der Waals surface area contributed by atoms with Gasteiger partial charge < -0.3 is 11.1 Å². The lowest BCUT2D eigenvalue weighted by Crippen LogP contribution is -2.23. The number of primary amides is 1. The second-order valence-electron chi connectivity index (χ2n) is 3.13. The summed E-state index contributed by atoms with van der Waals surface area (Å²) in [5.41, 5.74) is 4.93. The van der Waals surface area contributed by atoms with Crippen molar-refractivity contribution in [1.29, 1.82) is 0 Å². The number of rotatable bonds is 4. The minimum absolute atomic E-state index is 0.0148. The highest BCUT2D eigenvalue weighted by Crippen LogP contribution is 2.33. The van der Waals surface area contributed by atoms with Gasteiger partial charge in [-0.25, -0.2) is 0 Å². The van der Waals surface area contributed by atoms with Gasteiger partial charge in [-0.3, -0.25) is 4.79 Å². The maximum atomic E-state index is 12.2. The largest absolute Gasteiger partial charge is 0.445 e. The number of nitrogens with two attached hydrogens (primary N) is 1. The second-order valence-corrected chi connectivity index (χ2v) is 4.10. The molecule has 0 aliphatic heterocycles. The van der Waals surface area contributed by atoms with Crippen LogP contribution in [0.3, 0.4) is 0 Å². The standard InChI is InChI=1S/C7H9F3N4OS/c1-3(2-4(11)15)12-6-14-13-5(16-6)7(8,9)10/h3H,2H2,1H3,(H2,11,15)(H,12,14). The first-order chi connectivity index (χ1) is 7.29. The van der Waals surface area contributed by atoms with Crippen LogP contribution in [-0.2, 0) is 11.0 Å². The van der Waals surface area contributed by atoms with E-state index in [9.17, 15) is 18.0 Å². The zero-order chi connectivity index (χ0) is 12.3. The average molecular weight is 254 g/mol. The van der Waals surface area contributed by atoms with Gasteiger partial charge in [0.1, 0.15) is 0 Å². The summed E-state index contributed by atoms with van der Waals surface area (Å²) in [6.45, 7) is 1.61. The molecule has 9 heteroatoms. The van der Waals surface area contributed by atoms with Crippen LogP contribution in [0.2, 0.25) is 0 Å². The SMILES string of the molecule is CC(CC(N)=O)Nc1nnc(C(F)(F)F)s1. The normalized spacial score (nSPS) is 13.5. The van der Waals surface area contributed by atoms with Crippen molar-refractivity contribution in [2.45, 2.75) is 25.6 Å². The molecule has 16 heavy (non-hydrogen) atoms. The Morgan fingerprint density at radius 3 is 2.62 bits per heavy atom. The number of carbonyl (C=O) groups excluding carboxylic acids is 1. The van der Waals surface area contributed by atoms with Crippen molar-refractivity contribution in [1.82, 2.24) is 10.2 Å². The molecule has 0 aliphatic rings. The van der Waals surface area contributed by atoms with Crippen molar-refractivity contribution in [3.63, 3.8) is 0 Å². The molecular weight excluding hydrogens is 245 g/mol. The monoisotopic (exact) mass is 254 g/mol. The first-order valence-electron chi connectivity index (χ1n) is 4.24. The number of aromatic nitrogens is 2. The van der Waals surface area contributed by atoms with Crippen LogP contribution >= 0.6 is 11.3 Å². The Morgan fingerprint density at radius 1 is 1.56 bits per heavy atom. The molecule has 0 aliphatic carbocycles. The molecular formula is C7H9F3N4OS. The molecule has 0 fully saturated rings. The Bertz CT molecular complexity index is 378. The minimum Gasteiger partial charge on any atom is -0.370 e. The van der Waals surface area contributed by atoms with E-state index in [1.165, 1.54) is 0 Å². The number of amides is 1. The summed E-state index contributed by atoms with van der Waals surface area (Å²) >= 11 is 0.385. The topological polar surface area (TPSA) is 80.9 Å². The molecule has 3 N–H and O–H groups in total. The van der Waals surface area contributed by atoms with E-state index < -0.39 is 17.1 Å². The Morgan fingerprint density at radius 2 is 2.19 bits per heavy atom. The summed E-state index contributed by atoms with van der Waals surface area (Å²) in [7, 11) is 0. The third-order valence-electron chi connectivity index (χ3n) is 1.54. The molecule has 0 saturated heterocycles. The van der Waals surface area contributed by atoms with Crippen LogP contribution in [0, 0.1) is 0 Å². The lowest BCUT2D eigenvalue weighted by atomic mass is 10.2. The van der Waals surface area contributed by atoms with Crippen molar-refractivity contribution in [3.05, 3.63) is 5.01 Å². The van der Waals surface area contributed by atoms with Gasteiger partial charge in [0.15, 0.2) is 0 Å². The molecule has 1 amide bonds. The van der Waals surface area contributed by atoms with Crippen molar-refractivity contribution in [2.24, 2.45) is 5.73 Å². The van der Waals surface area contributed by atoms with Gasteiger partial charge in [0, 0.05) is 12.5 Å². The smallest absolute Gasteiger partial charge is 0.370 e. The third-order valence-corrected chi connectivity index (χ3v) is 2.44. The van der Waals surface area contributed by atoms with E-state index in [-0.39, 0.29) is 17.6 Å². The van der Waals surface area contributed by atoms with Gasteiger partial charge in [-0.1, -0.05) is 11.3 Å². The summed E-state index contributed by atoms with van der Waals surface area (Å²) in [6, 6.07) is -0.383. The molecule has 0 spiro atoms. The minimum atomic E-state index is -4.50. The molecule has 0 saturated carbocycles. The maximum absolute atomic E-state index is 12.2. The molecule has 0 radical (unpaired) electrons. The third kappa shape index (κ3) is 3.65. The molecule has 0 bridgehead atoms. The number of nitrogens with one attached hydrogen (secondary N) is 1. The molecule has 1 heterocycles. The van der Waals surface area contributed by atoms with Crippen molar-refractivity contribution in [3.8, 4) is 0 Å². The van der Waals surface area contributed by atoms with E-state index in [4.69, 9.17) is 5.73 Å². The summed E-state index contributed by atoms with van der Waals surface area (Å²) in [4.78, 5) is 10.5. The van der Waals surface area contributed by atoms with Crippen molar-refractivity contribution >= 4 is 22.4 Å². The van der Waals surface area contributed by atoms with Crippen LogP contribution in [0.15, 0.2) is 0 Å². The Hall–Kier alpha value is -1.38. The van der Waals surface area contributed by atoms with Crippen LogP contribution in [-0.4, -0.2) is 22.1 Å². The number of anilines is 1. The van der Waals surface area contributed by atoms with Crippen molar-refractivity contribution in [2.75, 3.05) is 5.32 Å². The van der Waals surface area contributed by atoms with E-state index in [2.05, 4.69) is 15.5 Å². The molecule has 0 aromatic carbocycles. The second kappa shape index (κ2) is 4.64. The van der Waals surface area contributed by atoms with Crippen LogP contribution < -0.4 is 11.1 Å². The number of carbonyl (C=O) groups is 1. The van der Waals surface area contributed by atoms with E-state index in [1.807, 2.05) is 0 Å². The molecule has 5 nitrogen and oxygen atoms in total. The predicted octanol–water partition coefficient (Wildman–Crippen LogP) is 1.23. The Balaban J connectivity index is 2.62. The number of alkyl halides is 3. The Labute approximate surface area is 92.9 Å². The van der Waals surface area contributed by atoms with Gasteiger partial charge in [0.2, 0.25) is 16.0 Å². The summed E-state index contributed by atoms with van der Waals surface area (Å²) < 4.78 is 36.5. The van der Waals surface area contributed by atoms with Gasteiger partial charge in [0.25, 0.3) is 0 Å². The van der Waals surface area contributed by atoms with Gasteiger partial charge in [0.05, 0.1) is 0 Å². The quantitative estimate of drug-likeness (QED) is 0.846. The molecule has 90 valence electrons. The summed E-state index contributed by atoms with van der Waals surface area (Å²) in [6.07, 6.45) is -4.48. The highest BCUT2D eigenvalue weighted by molar-refractivity contribution is 7.15.